The van der Waals surface area contributed by atoms with Gasteiger partial charge in [0.05, 0.1) is 0 Å². The molecule has 0 fully saturated rings. The molecular weight excluding hydrogens is 176 g/mol. The molecule has 1 heterocycles. The zero-order valence-electron chi connectivity index (χ0n) is 8.41. The molecule has 1 rings (SSSR count). The second kappa shape index (κ2) is 4.23. The van der Waals surface area contributed by atoms with Crippen LogP contribution in [0.3, 0.4) is 0 Å². The molecule has 0 aromatic carbocycles. The summed E-state index contributed by atoms with van der Waals surface area (Å²) in [5.41, 5.74) is 6.11. The van der Waals surface area contributed by atoms with Crippen molar-refractivity contribution in [1.82, 2.24) is 4.98 Å². The normalized spacial score (nSPS) is 10.6. The first-order chi connectivity index (χ1) is 6.51. The van der Waals surface area contributed by atoms with Gasteiger partial charge in [-0.1, -0.05) is 5.92 Å². The van der Waals surface area contributed by atoms with Gasteiger partial charge in [0.25, 0.3) is 0 Å². The van der Waals surface area contributed by atoms with E-state index in [4.69, 9.17) is 5.73 Å². The molecule has 0 atom stereocenters. The van der Waals surface area contributed by atoms with Gasteiger partial charge in [0, 0.05) is 12.7 Å². The van der Waals surface area contributed by atoms with E-state index >= 15 is 0 Å². The molecule has 74 valence electrons. The Hall–Kier alpha value is -1.37. The average Bonchev–Trinajstić information content (AvgIpc) is 2.14. The zero-order valence-corrected chi connectivity index (χ0v) is 8.41. The maximum absolute atomic E-state index is 9.38. The van der Waals surface area contributed by atoms with Crippen molar-refractivity contribution in [2.75, 3.05) is 0 Å². The fraction of sp³-hybridized carbons (Fsp3) is 0.364. The minimum absolute atomic E-state index is 0.472. The molecule has 0 saturated heterocycles. The van der Waals surface area contributed by atoms with Gasteiger partial charge in [-0.05, 0) is 37.5 Å². The summed E-state index contributed by atoms with van der Waals surface area (Å²) in [5.74, 6) is 5.48. The van der Waals surface area contributed by atoms with Crippen LogP contribution in [0.4, 0.5) is 0 Å². The molecule has 14 heavy (non-hydrogen) atoms. The van der Waals surface area contributed by atoms with E-state index in [0.29, 0.717) is 12.2 Å². The topological polar surface area (TPSA) is 59.1 Å². The lowest BCUT2D eigenvalue weighted by Gasteiger charge is -2.05. The van der Waals surface area contributed by atoms with Crippen molar-refractivity contribution in [2.45, 2.75) is 26.0 Å². The average molecular weight is 190 g/mol. The van der Waals surface area contributed by atoms with Crippen LogP contribution in [0.25, 0.3) is 0 Å². The molecule has 1 aromatic rings. The summed E-state index contributed by atoms with van der Waals surface area (Å²) in [5, 5.41) is 9.38. The number of hydrogen-bond donors (Lipinski definition) is 2. The molecule has 0 aliphatic heterocycles. The van der Waals surface area contributed by atoms with Crippen molar-refractivity contribution < 1.29 is 5.11 Å². The second-order valence-electron chi connectivity index (χ2n) is 3.56. The summed E-state index contributed by atoms with van der Waals surface area (Å²) in [6.45, 7) is 3.74. The first-order valence-electron chi connectivity index (χ1n) is 4.42. The zero-order chi connectivity index (χ0) is 10.6. The number of pyridine rings is 1. The minimum atomic E-state index is -0.986. The molecule has 0 amide bonds. The summed E-state index contributed by atoms with van der Waals surface area (Å²) in [6.07, 6.45) is 1.66. The Bertz CT molecular complexity index is 369. The molecule has 3 nitrogen and oxygen atoms in total. The summed E-state index contributed by atoms with van der Waals surface area (Å²) in [7, 11) is 0. The first kappa shape index (κ1) is 10.7. The highest BCUT2D eigenvalue weighted by Crippen LogP contribution is 2.01. The quantitative estimate of drug-likeness (QED) is 0.640. The Labute approximate surface area is 84.0 Å². The van der Waals surface area contributed by atoms with E-state index in [2.05, 4.69) is 16.8 Å². The Morgan fingerprint density at radius 2 is 2.29 bits per heavy atom. The first-order valence-corrected chi connectivity index (χ1v) is 4.42. The number of aliphatic hydroxyl groups is 1. The summed E-state index contributed by atoms with van der Waals surface area (Å²) in [6, 6.07) is 3.66. The van der Waals surface area contributed by atoms with Gasteiger partial charge in [0.15, 0.2) is 0 Å². The molecule has 0 saturated carbocycles. The molecule has 0 aliphatic carbocycles. The molecule has 3 N–H and O–H groups in total. The fourth-order valence-corrected chi connectivity index (χ4v) is 0.887. The molecule has 0 bridgehead atoms. The van der Waals surface area contributed by atoms with E-state index in [9.17, 15) is 5.11 Å². The Kier molecular flexibility index (Phi) is 3.23. The number of aromatic nitrogens is 1. The molecule has 0 spiro atoms. The van der Waals surface area contributed by atoms with Gasteiger partial charge in [0.2, 0.25) is 0 Å². The highest BCUT2D eigenvalue weighted by Gasteiger charge is 2.05. The van der Waals surface area contributed by atoms with E-state index in [1.165, 1.54) is 0 Å². The van der Waals surface area contributed by atoms with Crippen molar-refractivity contribution in [3.63, 3.8) is 0 Å². The lowest BCUT2D eigenvalue weighted by atomic mass is 10.1. The van der Waals surface area contributed by atoms with Crippen LogP contribution in [0.1, 0.15) is 25.1 Å². The van der Waals surface area contributed by atoms with Crippen LogP contribution >= 0.6 is 0 Å². The largest absolute Gasteiger partial charge is 0.378 e. The van der Waals surface area contributed by atoms with E-state index in [0.717, 1.165) is 5.56 Å². The van der Waals surface area contributed by atoms with Crippen molar-refractivity contribution >= 4 is 0 Å². The van der Waals surface area contributed by atoms with Gasteiger partial charge in [-0.2, -0.15) is 0 Å². The summed E-state index contributed by atoms with van der Waals surface area (Å²) < 4.78 is 0. The van der Waals surface area contributed by atoms with Gasteiger partial charge in [-0.3, -0.25) is 0 Å². The van der Waals surface area contributed by atoms with E-state index < -0.39 is 5.60 Å². The van der Waals surface area contributed by atoms with Crippen LogP contribution < -0.4 is 5.73 Å². The van der Waals surface area contributed by atoms with Crippen molar-refractivity contribution in [3.05, 3.63) is 29.6 Å². The number of rotatable bonds is 1. The Balaban J connectivity index is 2.90. The Morgan fingerprint density at radius 3 is 2.86 bits per heavy atom. The summed E-state index contributed by atoms with van der Waals surface area (Å²) in [4.78, 5) is 4.05. The van der Waals surface area contributed by atoms with Gasteiger partial charge in [0.1, 0.15) is 11.3 Å². The van der Waals surface area contributed by atoms with Crippen LogP contribution in [0.5, 0.6) is 0 Å². The standard InChI is InChI=1S/C11H14N2O/c1-11(2,14)5-3-10-7-9(8-12)4-6-13-10/h4,6-7,14H,8,12H2,1-2H3. The van der Waals surface area contributed by atoms with Crippen molar-refractivity contribution in [2.24, 2.45) is 5.73 Å². The maximum Gasteiger partial charge on any atom is 0.120 e. The third-order valence-corrected chi connectivity index (χ3v) is 1.56. The maximum atomic E-state index is 9.38. The minimum Gasteiger partial charge on any atom is -0.378 e. The van der Waals surface area contributed by atoms with Crippen LogP contribution in [0, 0.1) is 11.8 Å². The second-order valence-corrected chi connectivity index (χ2v) is 3.56. The van der Waals surface area contributed by atoms with E-state index in [1.54, 1.807) is 20.0 Å². The molecule has 3 heteroatoms. The molecular formula is C11H14N2O. The van der Waals surface area contributed by atoms with E-state index in [1.807, 2.05) is 12.1 Å². The van der Waals surface area contributed by atoms with Crippen LogP contribution in [-0.4, -0.2) is 15.7 Å². The lowest BCUT2D eigenvalue weighted by molar-refractivity contribution is 0.143. The highest BCUT2D eigenvalue weighted by atomic mass is 16.3. The van der Waals surface area contributed by atoms with Crippen LogP contribution in [0.15, 0.2) is 18.3 Å². The lowest BCUT2D eigenvalue weighted by Crippen LogP contribution is -2.14. The third kappa shape index (κ3) is 3.56. The van der Waals surface area contributed by atoms with E-state index in [-0.39, 0.29) is 0 Å². The van der Waals surface area contributed by atoms with Gasteiger partial charge < -0.3 is 10.8 Å². The third-order valence-electron chi connectivity index (χ3n) is 1.56. The number of nitrogens with zero attached hydrogens (tertiary/aromatic N) is 1. The molecule has 0 unspecified atom stereocenters. The van der Waals surface area contributed by atoms with Crippen molar-refractivity contribution in [1.29, 1.82) is 0 Å². The highest BCUT2D eigenvalue weighted by molar-refractivity contribution is 5.32. The predicted octanol–water partition coefficient (Wildman–Crippen LogP) is 0.663. The fourth-order valence-electron chi connectivity index (χ4n) is 0.887. The van der Waals surface area contributed by atoms with Crippen molar-refractivity contribution in [3.8, 4) is 11.8 Å². The SMILES string of the molecule is CC(C)(O)C#Cc1cc(CN)ccn1. The van der Waals surface area contributed by atoms with Crippen LogP contribution in [-0.2, 0) is 6.54 Å². The molecule has 0 radical (unpaired) electrons. The Morgan fingerprint density at radius 1 is 1.57 bits per heavy atom. The van der Waals surface area contributed by atoms with Gasteiger partial charge in [-0.15, -0.1) is 0 Å². The molecule has 0 aliphatic rings. The van der Waals surface area contributed by atoms with Gasteiger partial charge >= 0.3 is 0 Å². The predicted molar refractivity (Wildman–Crippen MR) is 55.3 cm³/mol. The number of hydrogen-bond acceptors (Lipinski definition) is 3. The number of nitrogens with two attached hydrogens (primary N) is 1. The monoisotopic (exact) mass is 190 g/mol. The smallest absolute Gasteiger partial charge is 0.120 e. The summed E-state index contributed by atoms with van der Waals surface area (Å²) >= 11 is 0. The molecule has 1 aromatic heterocycles. The van der Waals surface area contributed by atoms with Gasteiger partial charge in [-0.25, -0.2) is 4.98 Å². The van der Waals surface area contributed by atoms with Crippen LogP contribution in [0.2, 0.25) is 0 Å².